The zero-order valence-corrected chi connectivity index (χ0v) is 9.21. The molecule has 0 saturated heterocycles. The van der Waals surface area contributed by atoms with Crippen molar-refractivity contribution in [3.8, 4) is 0 Å². The summed E-state index contributed by atoms with van der Waals surface area (Å²) in [4.78, 5) is 0. The van der Waals surface area contributed by atoms with Gasteiger partial charge >= 0.3 is 26.2 Å². The molecule has 0 spiro atoms. The first-order chi connectivity index (χ1) is 2.89. The van der Waals surface area contributed by atoms with Crippen molar-refractivity contribution in [1.29, 1.82) is 0 Å². The van der Waals surface area contributed by atoms with Crippen LogP contribution in [0.25, 0.3) is 0 Å². The summed E-state index contributed by atoms with van der Waals surface area (Å²) in [5, 5.41) is 0. The third kappa shape index (κ3) is 7.32. The molecule has 0 unspecified atom stereocenters. The van der Waals surface area contributed by atoms with Gasteiger partial charge in [-0.3, -0.25) is 0 Å². The molecule has 54 valence electrons. The summed E-state index contributed by atoms with van der Waals surface area (Å²) in [6, 6.07) is 0.546. The fraction of sp³-hybridized carbons (Fsp3) is 1.00. The first-order valence-electron chi connectivity index (χ1n) is 2.65. The molecule has 9 heavy (non-hydrogen) atoms. The Morgan fingerprint density at radius 1 is 1.00 bits per heavy atom. The quantitative estimate of drug-likeness (QED) is 0.455. The molecule has 2 N–H and O–H groups in total. The summed E-state index contributed by atoms with van der Waals surface area (Å²) in [6.07, 6.45) is 5.25. The zero-order chi connectivity index (χ0) is 4.41. The maximum atomic E-state index is 5.53. The summed E-state index contributed by atoms with van der Waals surface area (Å²) < 4.78 is 0. The third-order valence-electron chi connectivity index (χ3n) is 1.40. The summed E-state index contributed by atoms with van der Waals surface area (Å²) in [6.45, 7) is 0. The van der Waals surface area contributed by atoms with Gasteiger partial charge in [-0.25, -0.2) is 0 Å². The molecule has 0 amide bonds. The minimum atomic E-state index is 0. The number of halogens is 2. The molecule has 1 rings (SSSR count). The van der Waals surface area contributed by atoms with E-state index in [1.807, 2.05) is 0 Å². The van der Waals surface area contributed by atoms with Crippen LogP contribution in [0.1, 0.15) is 25.7 Å². The normalized spacial score (nSPS) is 17.0. The smallest absolute Gasteiger partial charge is 1.00 e. The molecule has 1 saturated carbocycles. The Kier molecular flexibility index (Phi) is 17.6. The van der Waals surface area contributed by atoms with E-state index in [1.54, 1.807) is 0 Å². The van der Waals surface area contributed by atoms with E-state index in [0.29, 0.717) is 6.04 Å². The fourth-order valence-electron chi connectivity index (χ4n) is 0.957. The number of rotatable bonds is 0. The van der Waals surface area contributed by atoms with E-state index >= 15 is 0 Å². The zero-order valence-electron chi connectivity index (χ0n) is 5.24. The Morgan fingerprint density at radius 2 is 1.33 bits per heavy atom. The van der Waals surface area contributed by atoms with E-state index < -0.39 is 0 Å². The minimum Gasteiger partial charge on any atom is -1.00 e. The van der Waals surface area contributed by atoms with Gasteiger partial charge in [-0.1, -0.05) is 12.8 Å². The maximum Gasteiger partial charge on any atom is 2.00 e. The first kappa shape index (κ1) is 16.8. The van der Waals surface area contributed by atoms with Crippen LogP contribution >= 0.6 is 0 Å². The van der Waals surface area contributed by atoms with Crippen molar-refractivity contribution in [2.24, 2.45) is 5.73 Å². The molecule has 0 bridgehead atoms. The van der Waals surface area contributed by atoms with Gasteiger partial charge in [0, 0.05) is 6.04 Å². The van der Waals surface area contributed by atoms with Crippen LogP contribution in [0.3, 0.4) is 0 Å². The average molecular weight is 247 g/mol. The van der Waals surface area contributed by atoms with Crippen LogP contribution in [0, 0.1) is 0 Å². The van der Waals surface area contributed by atoms with E-state index in [4.69, 9.17) is 5.73 Å². The molecule has 0 aromatic carbocycles. The second kappa shape index (κ2) is 9.42. The van der Waals surface area contributed by atoms with Gasteiger partial charge < -0.3 is 30.5 Å². The molecule has 4 heteroatoms. The van der Waals surface area contributed by atoms with Gasteiger partial charge in [-0.15, -0.1) is 0 Å². The van der Waals surface area contributed by atoms with Crippen molar-refractivity contribution < 1.29 is 51.0 Å². The van der Waals surface area contributed by atoms with E-state index in [-0.39, 0.29) is 51.0 Å². The molecule has 0 aromatic rings. The van der Waals surface area contributed by atoms with Gasteiger partial charge in [0.05, 0.1) is 0 Å². The van der Waals surface area contributed by atoms with Crippen LogP contribution in [0.2, 0.25) is 0 Å². The molecule has 0 heterocycles. The van der Waals surface area contributed by atoms with Gasteiger partial charge in [0.1, 0.15) is 0 Å². The van der Waals surface area contributed by atoms with Crippen LogP contribution in [0.15, 0.2) is 0 Å². The second-order valence-electron chi connectivity index (χ2n) is 2.04. The summed E-state index contributed by atoms with van der Waals surface area (Å²) in [5.74, 6) is 0. The molecule has 0 aliphatic heterocycles. The predicted octanol–water partition coefficient (Wildman–Crippen LogP) is -5.11. The average Bonchev–Trinajstić information content (AvgIpc) is 1.86. The van der Waals surface area contributed by atoms with Crippen molar-refractivity contribution in [3.05, 3.63) is 0 Å². The Labute approximate surface area is 88.1 Å². The third-order valence-corrected chi connectivity index (χ3v) is 1.40. The Morgan fingerprint density at radius 3 is 1.44 bits per heavy atom. The fourth-order valence-corrected chi connectivity index (χ4v) is 0.957. The van der Waals surface area contributed by atoms with Crippen LogP contribution in [-0.2, 0) is 26.2 Å². The maximum absolute atomic E-state index is 5.53. The van der Waals surface area contributed by atoms with Crippen LogP contribution in [0.5, 0.6) is 0 Å². The number of hydrogen-bond donors (Lipinski definition) is 1. The Hall–Kier alpha value is 1.42. The molecule has 1 aliphatic carbocycles. The van der Waals surface area contributed by atoms with Crippen molar-refractivity contribution in [1.82, 2.24) is 0 Å². The van der Waals surface area contributed by atoms with Gasteiger partial charge in [-0.05, 0) is 12.8 Å². The Bertz CT molecular complexity index is 48.2. The number of hydrogen-bond acceptors (Lipinski definition) is 1. The van der Waals surface area contributed by atoms with Crippen LogP contribution < -0.4 is 30.5 Å². The van der Waals surface area contributed by atoms with Crippen LogP contribution in [-0.4, -0.2) is 6.04 Å². The van der Waals surface area contributed by atoms with Crippen molar-refractivity contribution in [2.45, 2.75) is 31.7 Å². The van der Waals surface area contributed by atoms with E-state index in [0.717, 1.165) is 0 Å². The van der Waals surface area contributed by atoms with Crippen molar-refractivity contribution >= 4 is 0 Å². The topological polar surface area (TPSA) is 26.0 Å². The van der Waals surface area contributed by atoms with Crippen molar-refractivity contribution in [3.63, 3.8) is 0 Å². The monoisotopic (exact) mass is 245 g/mol. The first-order valence-corrected chi connectivity index (χ1v) is 2.65. The Balaban J connectivity index is -0.000000120. The molecule has 0 radical (unpaired) electrons. The second-order valence-corrected chi connectivity index (χ2v) is 2.04. The number of nitrogens with two attached hydrogens (primary N) is 1. The van der Waals surface area contributed by atoms with Gasteiger partial charge in [0.2, 0.25) is 0 Å². The SMILES string of the molecule is NC1CCCC1.[Cl-].[Cl-].[Zr+2]. The minimum absolute atomic E-state index is 0. The summed E-state index contributed by atoms with van der Waals surface area (Å²) in [7, 11) is 0. The molecule has 0 atom stereocenters. The van der Waals surface area contributed by atoms with E-state index in [2.05, 4.69) is 0 Å². The van der Waals surface area contributed by atoms with Crippen LogP contribution in [0.4, 0.5) is 0 Å². The van der Waals surface area contributed by atoms with E-state index in [9.17, 15) is 0 Å². The largest absolute Gasteiger partial charge is 2.00 e. The predicted molar refractivity (Wildman–Crippen MR) is 26.4 cm³/mol. The summed E-state index contributed by atoms with van der Waals surface area (Å²) in [5.41, 5.74) is 5.53. The molecule has 1 nitrogen and oxygen atoms in total. The van der Waals surface area contributed by atoms with Gasteiger partial charge in [0.25, 0.3) is 0 Å². The van der Waals surface area contributed by atoms with E-state index in [1.165, 1.54) is 25.7 Å². The molecule has 1 fully saturated rings. The van der Waals surface area contributed by atoms with Crippen molar-refractivity contribution in [2.75, 3.05) is 0 Å². The standard InChI is InChI=1S/C5H11N.2ClH.Zr/c6-5-3-1-2-4-5;;;/h5H,1-4,6H2;2*1H;/q;;;+2/p-2. The molecular weight excluding hydrogens is 236 g/mol. The summed E-state index contributed by atoms with van der Waals surface area (Å²) >= 11 is 0. The molecule has 1 aliphatic rings. The molecule has 0 aromatic heterocycles. The van der Waals surface area contributed by atoms with Gasteiger partial charge in [0.15, 0.2) is 0 Å². The van der Waals surface area contributed by atoms with Gasteiger partial charge in [-0.2, -0.15) is 0 Å². The molecular formula is C5H11Cl2NZr.